The van der Waals surface area contributed by atoms with E-state index in [9.17, 15) is 5.11 Å². The summed E-state index contributed by atoms with van der Waals surface area (Å²) in [5.41, 5.74) is 1.39. The van der Waals surface area contributed by atoms with Gasteiger partial charge >= 0.3 is 0 Å². The summed E-state index contributed by atoms with van der Waals surface area (Å²) in [7, 11) is 0. The Bertz CT molecular complexity index is 342. The van der Waals surface area contributed by atoms with Crippen LogP contribution in [0.1, 0.15) is 25.3 Å². The third-order valence-electron chi connectivity index (χ3n) is 3.63. The molecule has 17 heavy (non-hydrogen) atoms. The van der Waals surface area contributed by atoms with Crippen molar-refractivity contribution in [1.82, 2.24) is 4.90 Å². The fourth-order valence-corrected chi connectivity index (χ4v) is 2.80. The summed E-state index contributed by atoms with van der Waals surface area (Å²) in [6.45, 7) is 5.19. The Kier molecular flexibility index (Phi) is 4.82. The molecule has 1 aromatic rings. The molecule has 1 atom stereocenters. The predicted molar refractivity (Wildman–Crippen MR) is 78.8 cm³/mol. The highest BCUT2D eigenvalue weighted by Gasteiger charge is 2.22. The third kappa shape index (κ3) is 3.93. The lowest BCUT2D eigenvalue weighted by Crippen LogP contribution is -2.36. The summed E-state index contributed by atoms with van der Waals surface area (Å²) in [4.78, 5) is 2.49. The Labute approximate surface area is 117 Å². The van der Waals surface area contributed by atoms with Gasteiger partial charge in [0.1, 0.15) is 0 Å². The molecule has 0 amide bonds. The van der Waals surface area contributed by atoms with Crippen LogP contribution >= 0.6 is 22.6 Å². The Hall–Kier alpha value is -0.130. The topological polar surface area (TPSA) is 23.5 Å². The molecule has 2 nitrogen and oxygen atoms in total. The number of halogens is 1. The largest absolute Gasteiger partial charge is 0.393 e. The van der Waals surface area contributed by atoms with Gasteiger partial charge in [0.25, 0.3) is 0 Å². The minimum Gasteiger partial charge on any atom is -0.393 e. The minimum absolute atomic E-state index is 0.143. The van der Waals surface area contributed by atoms with Gasteiger partial charge in [0, 0.05) is 10.1 Å². The Morgan fingerprint density at radius 1 is 1.29 bits per heavy atom. The van der Waals surface area contributed by atoms with Crippen molar-refractivity contribution in [3.8, 4) is 0 Å². The SMILES string of the molecule is CC(O)C1CCN(Cc2ccc(I)cc2)CC1. The van der Waals surface area contributed by atoms with E-state index >= 15 is 0 Å². The van der Waals surface area contributed by atoms with Crippen molar-refractivity contribution in [1.29, 1.82) is 0 Å². The highest BCUT2D eigenvalue weighted by Crippen LogP contribution is 2.21. The molecule has 0 radical (unpaired) electrons. The average Bonchev–Trinajstić information content (AvgIpc) is 2.33. The Morgan fingerprint density at radius 2 is 1.88 bits per heavy atom. The van der Waals surface area contributed by atoms with Crippen LogP contribution in [0.25, 0.3) is 0 Å². The molecular formula is C14H20INO. The monoisotopic (exact) mass is 345 g/mol. The van der Waals surface area contributed by atoms with Crippen molar-refractivity contribution in [3.05, 3.63) is 33.4 Å². The molecule has 1 saturated heterocycles. The Balaban J connectivity index is 1.84. The number of benzene rings is 1. The first-order valence-electron chi connectivity index (χ1n) is 6.30. The van der Waals surface area contributed by atoms with E-state index in [-0.39, 0.29) is 6.10 Å². The number of rotatable bonds is 3. The van der Waals surface area contributed by atoms with Gasteiger partial charge in [-0.1, -0.05) is 12.1 Å². The van der Waals surface area contributed by atoms with E-state index in [4.69, 9.17) is 0 Å². The molecule has 1 aromatic carbocycles. The fourth-order valence-electron chi connectivity index (χ4n) is 2.44. The van der Waals surface area contributed by atoms with Gasteiger partial charge in [0.2, 0.25) is 0 Å². The smallest absolute Gasteiger partial charge is 0.0541 e. The van der Waals surface area contributed by atoms with E-state index in [0.29, 0.717) is 5.92 Å². The summed E-state index contributed by atoms with van der Waals surface area (Å²) in [5.74, 6) is 0.503. The van der Waals surface area contributed by atoms with Crippen LogP contribution in [-0.2, 0) is 6.54 Å². The molecule has 0 aliphatic carbocycles. The van der Waals surface area contributed by atoms with E-state index in [1.54, 1.807) is 0 Å². The second-order valence-electron chi connectivity index (χ2n) is 4.98. The summed E-state index contributed by atoms with van der Waals surface area (Å²) in [6.07, 6.45) is 2.11. The van der Waals surface area contributed by atoms with Gasteiger partial charge in [-0.2, -0.15) is 0 Å². The van der Waals surface area contributed by atoms with Gasteiger partial charge in [-0.05, 0) is 79.1 Å². The number of aliphatic hydroxyl groups is 1. The number of aliphatic hydroxyl groups excluding tert-OH is 1. The molecule has 2 rings (SSSR count). The van der Waals surface area contributed by atoms with E-state index < -0.39 is 0 Å². The van der Waals surface area contributed by atoms with Crippen LogP contribution in [0.5, 0.6) is 0 Å². The van der Waals surface area contributed by atoms with Crippen molar-refractivity contribution in [2.24, 2.45) is 5.92 Å². The van der Waals surface area contributed by atoms with Gasteiger partial charge in [0.05, 0.1) is 6.10 Å². The molecule has 1 N–H and O–H groups in total. The number of nitrogens with zero attached hydrogens (tertiary/aromatic N) is 1. The molecule has 0 bridgehead atoms. The zero-order valence-corrected chi connectivity index (χ0v) is 12.4. The standard InChI is InChI=1S/C14H20INO/c1-11(17)13-6-8-16(9-7-13)10-12-2-4-14(15)5-3-12/h2-5,11,13,17H,6-10H2,1H3. The first-order valence-corrected chi connectivity index (χ1v) is 7.38. The summed E-state index contributed by atoms with van der Waals surface area (Å²) in [6, 6.07) is 8.75. The quantitative estimate of drug-likeness (QED) is 0.852. The molecule has 1 aliphatic heterocycles. The highest BCUT2D eigenvalue weighted by atomic mass is 127. The first-order chi connectivity index (χ1) is 8.15. The van der Waals surface area contributed by atoms with Crippen molar-refractivity contribution in [2.75, 3.05) is 13.1 Å². The lowest BCUT2D eigenvalue weighted by atomic mass is 9.92. The van der Waals surface area contributed by atoms with Gasteiger partial charge in [-0.15, -0.1) is 0 Å². The van der Waals surface area contributed by atoms with Gasteiger partial charge in [-0.3, -0.25) is 4.90 Å². The number of piperidine rings is 1. The van der Waals surface area contributed by atoms with E-state index in [2.05, 4.69) is 51.8 Å². The van der Waals surface area contributed by atoms with Crippen LogP contribution in [-0.4, -0.2) is 29.2 Å². The molecule has 1 fully saturated rings. The van der Waals surface area contributed by atoms with E-state index in [1.807, 2.05) is 6.92 Å². The van der Waals surface area contributed by atoms with Gasteiger partial charge in [-0.25, -0.2) is 0 Å². The molecule has 3 heteroatoms. The van der Waals surface area contributed by atoms with Crippen LogP contribution in [0.15, 0.2) is 24.3 Å². The molecule has 94 valence electrons. The summed E-state index contributed by atoms with van der Waals surface area (Å²) in [5, 5.41) is 9.56. The zero-order chi connectivity index (χ0) is 12.3. The minimum atomic E-state index is -0.143. The van der Waals surface area contributed by atoms with E-state index in [0.717, 1.165) is 32.5 Å². The molecule has 1 unspecified atom stereocenters. The Morgan fingerprint density at radius 3 is 2.41 bits per heavy atom. The van der Waals surface area contributed by atoms with Crippen molar-refractivity contribution in [3.63, 3.8) is 0 Å². The van der Waals surface area contributed by atoms with E-state index in [1.165, 1.54) is 9.13 Å². The highest BCUT2D eigenvalue weighted by molar-refractivity contribution is 14.1. The second-order valence-corrected chi connectivity index (χ2v) is 6.23. The molecule has 1 aliphatic rings. The molecular weight excluding hydrogens is 325 g/mol. The molecule has 0 saturated carbocycles. The van der Waals surface area contributed by atoms with Crippen LogP contribution < -0.4 is 0 Å². The van der Waals surface area contributed by atoms with Crippen LogP contribution in [0.3, 0.4) is 0 Å². The van der Waals surface area contributed by atoms with Gasteiger partial charge in [0.15, 0.2) is 0 Å². The first kappa shape index (κ1) is 13.3. The zero-order valence-electron chi connectivity index (χ0n) is 10.3. The van der Waals surface area contributed by atoms with Crippen molar-refractivity contribution >= 4 is 22.6 Å². The number of hydrogen-bond donors (Lipinski definition) is 1. The van der Waals surface area contributed by atoms with Crippen molar-refractivity contribution < 1.29 is 5.11 Å². The third-order valence-corrected chi connectivity index (χ3v) is 4.35. The number of hydrogen-bond acceptors (Lipinski definition) is 2. The maximum Gasteiger partial charge on any atom is 0.0541 e. The maximum atomic E-state index is 9.56. The van der Waals surface area contributed by atoms with Crippen LogP contribution in [0.4, 0.5) is 0 Å². The summed E-state index contributed by atoms with van der Waals surface area (Å²) >= 11 is 2.34. The lowest BCUT2D eigenvalue weighted by Gasteiger charge is -2.33. The average molecular weight is 345 g/mol. The number of likely N-dealkylation sites (tertiary alicyclic amines) is 1. The van der Waals surface area contributed by atoms with Crippen molar-refractivity contribution in [2.45, 2.75) is 32.4 Å². The normalized spacial score (nSPS) is 20.4. The van der Waals surface area contributed by atoms with Gasteiger partial charge < -0.3 is 5.11 Å². The maximum absolute atomic E-state index is 9.56. The van der Waals surface area contributed by atoms with Crippen LogP contribution in [0, 0.1) is 9.49 Å². The van der Waals surface area contributed by atoms with Crippen LogP contribution in [0.2, 0.25) is 0 Å². The molecule has 1 heterocycles. The summed E-state index contributed by atoms with van der Waals surface area (Å²) < 4.78 is 1.29. The second kappa shape index (κ2) is 6.16. The predicted octanol–water partition coefficient (Wildman–Crippen LogP) is 2.88. The lowest BCUT2D eigenvalue weighted by molar-refractivity contribution is 0.0695. The molecule has 0 aromatic heterocycles. The molecule has 0 spiro atoms. The fraction of sp³-hybridized carbons (Fsp3) is 0.571.